The van der Waals surface area contributed by atoms with Gasteiger partial charge in [0.1, 0.15) is 22.8 Å². The highest BCUT2D eigenvalue weighted by Gasteiger charge is 2.47. The third-order valence-corrected chi connectivity index (χ3v) is 6.26. The second kappa shape index (κ2) is 9.19. The van der Waals surface area contributed by atoms with Crippen molar-refractivity contribution >= 4 is 12.0 Å². The second-order valence-corrected chi connectivity index (χ2v) is 9.68. The van der Waals surface area contributed by atoms with Crippen LogP contribution in [0.25, 0.3) is 5.82 Å². The van der Waals surface area contributed by atoms with Crippen molar-refractivity contribution < 1.29 is 23.5 Å². The Kier molecular flexibility index (Phi) is 6.47. The number of hydrogen-bond acceptors (Lipinski definition) is 7. The van der Waals surface area contributed by atoms with Crippen LogP contribution in [-0.2, 0) is 14.3 Å². The molecule has 182 valence electrons. The summed E-state index contributed by atoms with van der Waals surface area (Å²) >= 11 is 0. The molecule has 0 N–H and O–H groups in total. The van der Waals surface area contributed by atoms with Crippen molar-refractivity contribution in [3.8, 4) is 5.82 Å². The molecule has 1 amide bonds. The summed E-state index contributed by atoms with van der Waals surface area (Å²) < 4.78 is 26.3. The maximum atomic E-state index is 13.3. The van der Waals surface area contributed by atoms with E-state index in [1.54, 1.807) is 17.2 Å². The smallest absolute Gasteiger partial charge is 0.410 e. The highest BCUT2D eigenvalue weighted by molar-refractivity contribution is 5.68. The van der Waals surface area contributed by atoms with Gasteiger partial charge in [-0.1, -0.05) is 6.07 Å². The molecule has 0 unspecified atom stereocenters. The van der Waals surface area contributed by atoms with Crippen LogP contribution in [0.1, 0.15) is 52.1 Å². The molecule has 0 aromatic carbocycles. The lowest BCUT2D eigenvalue weighted by Crippen LogP contribution is -2.56. The standard InChI is InChI=1S/C24H30FN5O4/c1-17(18-5-6-21(26-13-18)30-15-19(25)14-27-30)29-11-12-33-24(20(29)16-31)7-9-28(10-8-24)22(32)34-23(2,3)4/h5-6,13-15,17H,7-12H2,1-4H3/t17-/m0/s1. The number of morpholine rings is 1. The first-order chi connectivity index (χ1) is 16.1. The van der Waals surface area contributed by atoms with Crippen molar-refractivity contribution in [3.63, 3.8) is 0 Å². The zero-order valence-corrected chi connectivity index (χ0v) is 20.0. The van der Waals surface area contributed by atoms with Crippen LogP contribution in [0.2, 0.25) is 0 Å². The number of pyridine rings is 1. The van der Waals surface area contributed by atoms with Crippen molar-refractivity contribution in [2.24, 2.45) is 0 Å². The molecule has 1 atom stereocenters. The van der Waals surface area contributed by atoms with Crippen molar-refractivity contribution in [1.29, 1.82) is 0 Å². The van der Waals surface area contributed by atoms with Gasteiger partial charge in [0.2, 0.25) is 0 Å². The summed E-state index contributed by atoms with van der Waals surface area (Å²) in [4.78, 5) is 32.7. The number of rotatable bonds is 3. The molecule has 4 rings (SSSR count). The molecule has 2 aromatic heterocycles. The first-order valence-corrected chi connectivity index (χ1v) is 11.4. The van der Waals surface area contributed by atoms with Gasteiger partial charge in [-0.15, -0.1) is 0 Å². The van der Waals surface area contributed by atoms with Gasteiger partial charge in [-0.3, -0.25) is 0 Å². The van der Waals surface area contributed by atoms with E-state index in [0.29, 0.717) is 50.6 Å². The van der Waals surface area contributed by atoms with Crippen LogP contribution in [0.4, 0.5) is 9.18 Å². The molecule has 9 nitrogen and oxygen atoms in total. The van der Waals surface area contributed by atoms with E-state index in [0.717, 1.165) is 11.8 Å². The summed E-state index contributed by atoms with van der Waals surface area (Å²) in [7, 11) is 0. The molecular formula is C24H30FN5O4. The topological polar surface area (TPSA) is 89.8 Å². The summed E-state index contributed by atoms with van der Waals surface area (Å²) in [5.74, 6) is 2.21. The van der Waals surface area contributed by atoms with Crippen LogP contribution < -0.4 is 0 Å². The average molecular weight is 472 g/mol. The quantitative estimate of drug-likeness (QED) is 0.635. The Bertz CT molecular complexity index is 1080. The van der Waals surface area contributed by atoms with Gasteiger partial charge in [-0.05, 0) is 39.3 Å². The monoisotopic (exact) mass is 471 g/mol. The molecule has 2 aliphatic rings. The summed E-state index contributed by atoms with van der Waals surface area (Å²) in [6.07, 6.45) is 4.71. The summed E-state index contributed by atoms with van der Waals surface area (Å²) in [6.45, 7) is 9.36. The maximum Gasteiger partial charge on any atom is 0.410 e. The first kappa shape index (κ1) is 23.9. The number of halogens is 1. The molecule has 2 aromatic rings. The van der Waals surface area contributed by atoms with E-state index in [4.69, 9.17) is 9.47 Å². The van der Waals surface area contributed by atoms with Crippen molar-refractivity contribution in [3.05, 3.63) is 47.8 Å². The molecule has 0 radical (unpaired) electrons. The van der Waals surface area contributed by atoms with E-state index in [1.807, 2.05) is 38.7 Å². The molecule has 2 aliphatic heterocycles. The van der Waals surface area contributed by atoms with E-state index < -0.39 is 17.0 Å². The fourth-order valence-corrected chi connectivity index (χ4v) is 4.46. The third-order valence-electron chi connectivity index (χ3n) is 6.26. The van der Waals surface area contributed by atoms with Crippen molar-refractivity contribution in [2.75, 3.05) is 26.2 Å². The van der Waals surface area contributed by atoms with Gasteiger partial charge in [0.25, 0.3) is 0 Å². The lowest BCUT2D eigenvalue weighted by molar-refractivity contribution is -0.108. The summed E-state index contributed by atoms with van der Waals surface area (Å²) in [5.41, 5.74) is 0.0101. The largest absolute Gasteiger partial charge is 0.444 e. The van der Waals surface area contributed by atoms with Crippen LogP contribution in [0, 0.1) is 5.82 Å². The lowest BCUT2D eigenvalue weighted by Gasteiger charge is -2.49. The minimum absolute atomic E-state index is 0.156. The molecule has 0 bridgehead atoms. The Hall–Kier alpha value is -3.23. The highest BCUT2D eigenvalue weighted by Crippen LogP contribution is 2.40. The minimum Gasteiger partial charge on any atom is -0.444 e. The molecule has 2 saturated heterocycles. The average Bonchev–Trinajstić information content (AvgIpc) is 3.24. The molecule has 1 spiro atoms. The van der Waals surface area contributed by atoms with Crippen LogP contribution in [0.15, 0.2) is 36.4 Å². The molecule has 4 heterocycles. The number of carbonyl (C=O) groups is 1. The van der Waals surface area contributed by atoms with Crippen LogP contribution in [0.3, 0.4) is 0 Å². The molecule has 34 heavy (non-hydrogen) atoms. The van der Waals surface area contributed by atoms with E-state index in [2.05, 4.69) is 16.0 Å². The Morgan fingerprint density at radius 2 is 1.97 bits per heavy atom. The molecule has 2 fully saturated rings. The second-order valence-electron chi connectivity index (χ2n) is 9.68. The van der Waals surface area contributed by atoms with Crippen LogP contribution in [0.5, 0.6) is 0 Å². The van der Waals surface area contributed by atoms with E-state index in [1.165, 1.54) is 10.9 Å². The molecular weight excluding hydrogens is 441 g/mol. The summed E-state index contributed by atoms with van der Waals surface area (Å²) in [6, 6.07) is 3.50. The molecule has 0 aliphatic carbocycles. The zero-order chi connectivity index (χ0) is 24.5. The van der Waals surface area contributed by atoms with Gasteiger partial charge in [-0.25, -0.2) is 23.6 Å². The predicted octanol–water partition coefficient (Wildman–Crippen LogP) is 3.28. The minimum atomic E-state index is -0.785. The number of carbonyl (C=O) groups excluding carboxylic acids is 2. The van der Waals surface area contributed by atoms with Crippen LogP contribution >= 0.6 is 0 Å². The van der Waals surface area contributed by atoms with Gasteiger partial charge in [-0.2, -0.15) is 5.10 Å². The SMILES string of the molecule is C[C@@H](c1ccc(-n2cc(F)cn2)nc1)N1CCOC2(CCN(C(=O)OC(C)(C)C)CC2)C1=C=O. The van der Waals surface area contributed by atoms with Crippen molar-refractivity contribution in [1.82, 2.24) is 24.6 Å². The highest BCUT2D eigenvalue weighted by atomic mass is 19.1. The number of hydrogen-bond donors (Lipinski definition) is 0. The van der Waals surface area contributed by atoms with Gasteiger partial charge < -0.3 is 19.3 Å². The Morgan fingerprint density at radius 1 is 1.24 bits per heavy atom. The number of piperidine rings is 1. The van der Waals surface area contributed by atoms with E-state index in [-0.39, 0.29) is 12.1 Å². The van der Waals surface area contributed by atoms with E-state index in [9.17, 15) is 14.0 Å². The Balaban J connectivity index is 1.47. The lowest BCUT2D eigenvalue weighted by atomic mass is 9.85. The normalized spacial score (nSPS) is 19.1. The summed E-state index contributed by atoms with van der Waals surface area (Å²) in [5, 5.41) is 3.93. The first-order valence-electron chi connectivity index (χ1n) is 11.4. The fourth-order valence-electron chi connectivity index (χ4n) is 4.46. The third kappa shape index (κ3) is 4.83. The van der Waals surface area contributed by atoms with Gasteiger partial charge in [0.05, 0.1) is 25.0 Å². The number of nitrogens with zero attached hydrogens (tertiary/aromatic N) is 5. The Labute approximate surface area is 198 Å². The van der Waals surface area contributed by atoms with Crippen LogP contribution in [-0.4, -0.2) is 74.0 Å². The number of aromatic nitrogens is 3. The predicted molar refractivity (Wildman–Crippen MR) is 121 cm³/mol. The number of ether oxygens (including phenoxy) is 2. The number of amides is 1. The van der Waals surface area contributed by atoms with Gasteiger partial charge >= 0.3 is 6.09 Å². The van der Waals surface area contributed by atoms with Crippen molar-refractivity contribution in [2.45, 2.75) is 57.8 Å². The number of likely N-dealkylation sites (tertiary alicyclic amines) is 1. The zero-order valence-electron chi connectivity index (χ0n) is 20.0. The van der Waals surface area contributed by atoms with Gasteiger partial charge in [0.15, 0.2) is 11.6 Å². The molecule has 0 saturated carbocycles. The van der Waals surface area contributed by atoms with E-state index >= 15 is 0 Å². The molecule has 10 heteroatoms. The Morgan fingerprint density at radius 3 is 2.53 bits per heavy atom. The fraction of sp³-hybridized carbons (Fsp3) is 0.542. The van der Waals surface area contributed by atoms with Gasteiger partial charge in [0, 0.05) is 38.7 Å². The maximum absolute atomic E-state index is 13.3.